The third-order valence-corrected chi connectivity index (χ3v) is 5.25. The largest absolute Gasteiger partial charge is 0.285 e. The molecule has 0 radical (unpaired) electrons. The highest BCUT2D eigenvalue weighted by Crippen LogP contribution is 2.29. The van der Waals surface area contributed by atoms with Gasteiger partial charge in [-0.3, -0.25) is 4.79 Å². The molecule has 5 aromatic carbocycles. The van der Waals surface area contributed by atoms with E-state index in [-0.39, 0.29) is 17.0 Å². The van der Waals surface area contributed by atoms with Crippen LogP contribution in [0.4, 0.5) is 0 Å². The van der Waals surface area contributed by atoms with Crippen LogP contribution in [0.2, 0.25) is 0 Å². The quantitative estimate of drug-likeness (QED) is 0.226. The van der Waals surface area contributed by atoms with Crippen LogP contribution in [0.3, 0.4) is 0 Å². The fourth-order valence-corrected chi connectivity index (χ4v) is 3.72. The molecule has 0 saturated carbocycles. The number of rotatable bonds is 1. The molecule has 0 fully saturated rings. The molecule has 0 bridgehead atoms. The van der Waals surface area contributed by atoms with E-state index in [4.69, 9.17) is 0 Å². The van der Waals surface area contributed by atoms with Gasteiger partial charge in [-0.25, -0.2) is 0 Å². The number of nitrogens with zero attached hydrogens (tertiary/aromatic N) is 1. The SMILES string of the molecule is C=C(C)C(=O)N=S=O.c1ccc2cc3cc4cc5ccccc5cc4cc3cc2c1. The van der Waals surface area contributed by atoms with Crippen molar-refractivity contribution in [2.75, 3.05) is 0 Å². The molecular weight excluding hydrogens is 390 g/mol. The van der Waals surface area contributed by atoms with Crippen molar-refractivity contribution in [1.29, 1.82) is 0 Å². The van der Waals surface area contributed by atoms with Crippen molar-refractivity contribution in [2.45, 2.75) is 6.92 Å². The molecule has 0 N–H and O–H groups in total. The first kappa shape index (κ1) is 19.7. The van der Waals surface area contributed by atoms with Gasteiger partial charge in [-0.1, -0.05) is 55.1 Å². The van der Waals surface area contributed by atoms with E-state index in [0.717, 1.165) is 0 Å². The van der Waals surface area contributed by atoms with Gasteiger partial charge in [-0.2, -0.15) is 4.21 Å². The Bertz CT molecular complexity index is 1310. The van der Waals surface area contributed by atoms with Gasteiger partial charge in [0.15, 0.2) is 0 Å². The van der Waals surface area contributed by atoms with Gasteiger partial charge in [0.1, 0.15) is 0 Å². The van der Waals surface area contributed by atoms with Crippen LogP contribution in [0.5, 0.6) is 0 Å². The minimum absolute atomic E-state index is 0.0973. The van der Waals surface area contributed by atoms with Gasteiger partial charge in [0, 0.05) is 5.57 Å². The second-order valence-corrected chi connectivity index (χ2v) is 7.53. The van der Waals surface area contributed by atoms with Crippen molar-refractivity contribution < 1.29 is 9.00 Å². The Balaban J connectivity index is 0.000000235. The summed E-state index contributed by atoms with van der Waals surface area (Å²) in [4.78, 5) is 10.3. The summed E-state index contributed by atoms with van der Waals surface area (Å²) in [5.74, 6) is -0.537. The van der Waals surface area contributed by atoms with Gasteiger partial charge in [-0.05, 0) is 86.4 Å². The molecule has 3 nitrogen and oxygen atoms in total. The summed E-state index contributed by atoms with van der Waals surface area (Å²) in [6.45, 7) is 4.78. The smallest absolute Gasteiger partial charge is 0.266 e. The standard InChI is InChI=1S/C22H14.C4H5NO2S/c1-2-6-16-10-20-14-22-12-18-8-4-3-7-17(18)11-21(22)13-19(20)9-15(16)5-1;1-3(2)4(6)5-8-7/h1-14H;1H2,2H3. The Morgan fingerprint density at radius 2 is 0.967 bits per heavy atom. The molecule has 146 valence electrons. The monoisotopic (exact) mass is 409 g/mol. The first-order valence-corrected chi connectivity index (χ1v) is 10.2. The van der Waals surface area contributed by atoms with Gasteiger partial charge in [0.2, 0.25) is 11.5 Å². The van der Waals surface area contributed by atoms with Crippen LogP contribution >= 0.6 is 0 Å². The third kappa shape index (κ3) is 4.04. The highest BCUT2D eigenvalue weighted by atomic mass is 32.1. The van der Waals surface area contributed by atoms with Crippen molar-refractivity contribution in [3.05, 3.63) is 97.1 Å². The highest BCUT2D eigenvalue weighted by molar-refractivity contribution is 7.55. The average molecular weight is 410 g/mol. The summed E-state index contributed by atoms with van der Waals surface area (Å²) in [7, 11) is 0. The third-order valence-electron chi connectivity index (χ3n) is 5.01. The van der Waals surface area contributed by atoms with E-state index in [0.29, 0.717) is 0 Å². The number of hydrogen-bond donors (Lipinski definition) is 0. The number of hydrogen-bond acceptors (Lipinski definition) is 2. The van der Waals surface area contributed by atoms with E-state index in [9.17, 15) is 9.00 Å². The molecule has 4 heteroatoms. The number of fused-ring (bicyclic) bond motifs is 4. The van der Waals surface area contributed by atoms with Crippen molar-refractivity contribution in [3.8, 4) is 0 Å². The lowest BCUT2D eigenvalue weighted by atomic mass is 9.97. The first-order chi connectivity index (χ1) is 14.5. The van der Waals surface area contributed by atoms with Crippen LogP contribution in [-0.2, 0) is 16.3 Å². The van der Waals surface area contributed by atoms with Gasteiger partial charge in [0.25, 0.3) is 5.91 Å². The summed E-state index contributed by atoms with van der Waals surface area (Å²) in [6.07, 6.45) is 0. The molecule has 5 rings (SSSR count). The van der Waals surface area contributed by atoms with Crippen LogP contribution in [0.1, 0.15) is 6.92 Å². The van der Waals surface area contributed by atoms with Crippen molar-refractivity contribution >= 4 is 60.5 Å². The Morgan fingerprint density at radius 1 is 0.667 bits per heavy atom. The predicted octanol–water partition coefficient (Wildman–Crippen LogP) is 6.79. The van der Waals surface area contributed by atoms with Crippen molar-refractivity contribution in [3.63, 3.8) is 0 Å². The van der Waals surface area contributed by atoms with Gasteiger partial charge >= 0.3 is 0 Å². The first-order valence-electron chi connectivity index (χ1n) is 9.50. The zero-order valence-corrected chi connectivity index (χ0v) is 17.3. The van der Waals surface area contributed by atoms with Crippen molar-refractivity contribution in [2.24, 2.45) is 4.36 Å². The van der Waals surface area contributed by atoms with Crippen LogP contribution in [0, 0.1) is 0 Å². The van der Waals surface area contributed by atoms with Crippen molar-refractivity contribution in [1.82, 2.24) is 0 Å². The molecule has 0 aliphatic heterocycles. The molecule has 0 heterocycles. The zero-order valence-electron chi connectivity index (χ0n) is 16.5. The predicted molar refractivity (Wildman–Crippen MR) is 127 cm³/mol. The summed E-state index contributed by atoms with van der Waals surface area (Å²) >= 11 is -0.0973. The topological polar surface area (TPSA) is 46.5 Å². The van der Waals surface area contributed by atoms with Crippen LogP contribution in [-0.4, -0.2) is 10.1 Å². The molecule has 5 aromatic rings. The molecule has 0 aliphatic carbocycles. The summed E-state index contributed by atoms with van der Waals surface area (Å²) in [5, 5.41) is 10.4. The normalized spacial score (nSPS) is 10.6. The Morgan fingerprint density at radius 3 is 1.20 bits per heavy atom. The maximum atomic E-state index is 10.3. The molecule has 0 unspecified atom stereocenters. The second-order valence-electron chi connectivity index (χ2n) is 7.20. The zero-order chi connectivity index (χ0) is 21.1. The Kier molecular flexibility index (Phi) is 5.50. The average Bonchev–Trinajstić information content (AvgIpc) is 2.75. The second kappa shape index (κ2) is 8.39. The van der Waals surface area contributed by atoms with E-state index in [2.05, 4.69) is 95.9 Å². The van der Waals surface area contributed by atoms with Crippen LogP contribution in [0.15, 0.2) is 101 Å². The Labute approximate surface area is 177 Å². The minimum atomic E-state index is -0.537. The minimum Gasteiger partial charge on any atom is -0.266 e. The molecule has 0 saturated heterocycles. The fourth-order valence-electron chi connectivity index (χ4n) is 3.50. The Hall–Kier alpha value is -3.63. The lowest BCUT2D eigenvalue weighted by Crippen LogP contribution is -1.89. The van der Waals surface area contributed by atoms with E-state index >= 15 is 0 Å². The number of benzene rings is 5. The molecule has 0 aromatic heterocycles. The van der Waals surface area contributed by atoms with Gasteiger partial charge in [0.05, 0.1) is 0 Å². The lowest BCUT2D eigenvalue weighted by Gasteiger charge is -2.07. The lowest BCUT2D eigenvalue weighted by molar-refractivity contribution is -0.114. The molecular formula is C26H19NO2S. The van der Waals surface area contributed by atoms with Gasteiger partial charge in [-0.15, -0.1) is 4.36 Å². The molecule has 1 amide bonds. The number of carbonyl (C=O) groups excluding carboxylic acids is 1. The van der Waals surface area contributed by atoms with Gasteiger partial charge < -0.3 is 0 Å². The molecule has 30 heavy (non-hydrogen) atoms. The van der Waals surface area contributed by atoms with Crippen LogP contribution < -0.4 is 0 Å². The molecule has 0 spiro atoms. The molecule has 0 aliphatic rings. The maximum absolute atomic E-state index is 10.3. The van der Waals surface area contributed by atoms with E-state index in [1.165, 1.54) is 50.0 Å². The highest BCUT2D eigenvalue weighted by Gasteiger charge is 2.02. The molecule has 0 atom stereocenters. The van der Waals surface area contributed by atoms with Crippen LogP contribution in [0.25, 0.3) is 43.1 Å². The number of amides is 1. The van der Waals surface area contributed by atoms with E-state index in [1.54, 1.807) is 0 Å². The summed E-state index contributed by atoms with van der Waals surface area (Å²) in [5.41, 5.74) is 0.286. The maximum Gasteiger partial charge on any atom is 0.285 e. The summed E-state index contributed by atoms with van der Waals surface area (Å²) in [6, 6.07) is 30.9. The summed E-state index contributed by atoms with van der Waals surface area (Å²) < 4.78 is 12.5. The fraction of sp³-hybridized carbons (Fsp3) is 0.0385. The van der Waals surface area contributed by atoms with E-state index in [1.807, 2.05) is 0 Å². The van der Waals surface area contributed by atoms with E-state index < -0.39 is 5.91 Å². The number of carbonyl (C=O) groups is 1.